The minimum Gasteiger partial charge on any atom is -0.328 e. The number of ketones is 1. The summed E-state index contributed by atoms with van der Waals surface area (Å²) in [6, 6.07) is 2.41. The zero-order valence-electron chi connectivity index (χ0n) is 6.39. The highest BCUT2D eigenvalue weighted by molar-refractivity contribution is 5.94. The molecule has 0 atom stereocenters. The molecule has 11 heavy (non-hydrogen) atoms. The van der Waals surface area contributed by atoms with Crippen molar-refractivity contribution < 1.29 is 4.79 Å². The topological polar surface area (TPSA) is 49.9 Å². The Morgan fingerprint density at radius 3 is 2.73 bits per heavy atom. The van der Waals surface area contributed by atoms with Crippen LogP contribution in [-0.4, -0.2) is 10.8 Å². The minimum absolute atomic E-state index is 0.131. The van der Waals surface area contributed by atoms with Crippen molar-refractivity contribution in [2.24, 2.45) is 0 Å². The van der Waals surface area contributed by atoms with E-state index in [1.54, 1.807) is 6.92 Å². The average Bonchev–Trinajstić information content (AvgIpc) is 1.94. The van der Waals surface area contributed by atoms with Crippen LogP contribution in [0.2, 0.25) is 0 Å². The van der Waals surface area contributed by atoms with Gasteiger partial charge in [0.05, 0.1) is 6.07 Å². The molecule has 57 valence electrons. The van der Waals surface area contributed by atoms with E-state index in [9.17, 15) is 9.59 Å². The second kappa shape index (κ2) is 2.70. The van der Waals surface area contributed by atoms with Crippen LogP contribution in [0.5, 0.6) is 0 Å². The van der Waals surface area contributed by atoms with Gasteiger partial charge in [0.25, 0.3) is 5.56 Å². The largest absolute Gasteiger partial charge is 0.328 e. The van der Waals surface area contributed by atoms with Crippen LogP contribution in [0.3, 0.4) is 0 Å². The van der Waals surface area contributed by atoms with E-state index in [4.69, 9.17) is 0 Å². The second-order valence-electron chi connectivity index (χ2n) is 2.36. The smallest absolute Gasteiger partial charge is 0.256 e. The standard InChI is InChI=1S/C8H8NO2/c1-5-4-9-8(11)3-7(5)6(2)10/h4H,1-2H3,(H,9,11). The van der Waals surface area contributed by atoms with Crippen molar-refractivity contribution in [3.63, 3.8) is 0 Å². The molecule has 0 unspecified atom stereocenters. The fourth-order valence-corrected chi connectivity index (χ4v) is 0.860. The molecule has 1 heterocycles. The molecule has 3 heteroatoms. The predicted molar refractivity (Wildman–Crippen MR) is 40.6 cm³/mol. The number of hydrogen-bond donors (Lipinski definition) is 1. The highest BCUT2D eigenvalue weighted by Gasteiger charge is 2.03. The lowest BCUT2D eigenvalue weighted by molar-refractivity contribution is 0.101. The first-order valence-corrected chi connectivity index (χ1v) is 3.24. The van der Waals surface area contributed by atoms with Gasteiger partial charge < -0.3 is 4.98 Å². The van der Waals surface area contributed by atoms with Gasteiger partial charge in [-0.25, -0.2) is 0 Å². The van der Waals surface area contributed by atoms with E-state index in [0.29, 0.717) is 5.56 Å². The van der Waals surface area contributed by atoms with E-state index in [1.165, 1.54) is 13.1 Å². The number of aromatic nitrogens is 1. The van der Waals surface area contributed by atoms with Crippen molar-refractivity contribution in [2.45, 2.75) is 13.8 Å². The van der Waals surface area contributed by atoms with Crippen molar-refractivity contribution in [3.05, 3.63) is 33.7 Å². The molecule has 0 amide bonds. The van der Waals surface area contributed by atoms with Crippen LogP contribution in [0.15, 0.2) is 11.0 Å². The maximum Gasteiger partial charge on any atom is 0.256 e. The van der Waals surface area contributed by atoms with Crippen LogP contribution in [0.25, 0.3) is 0 Å². The lowest BCUT2D eigenvalue weighted by atomic mass is 10.1. The van der Waals surface area contributed by atoms with Crippen molar-refractivity contribution in [3.8, 4) is 0 Å². The number of carbonyl (C=O) groups excluding carboxylic acids is 1. The molecule has 1 N–H and O–H groups in total. The molecule has 0 aromatic carbocycles. The number of aromatic amines is 1. The maximum absolute atomic E-state index is 10.8. The lowest BCUT2D eigenvalue weighted by Gasteiger charge is -1.96. The number of rotatable bonds is 1. The zero-order chi connectivity index (χ0) is 8.43. The Hall–Kier alpha value is -1.38. The second-order valence-corrected chi connectivity index (χ2v) is 2.36. The minimum atomic E-state index is -0.360. The molecule has 0 spiro atoms. The average molecular weight is 150 g/mol. The Morgan fingerprint density at radius 1 is 1.64 bits per heavy atom. The van der Waals surface area contributed by atoms with Gasteiger partial charge in [-0.05, 0) is 19.4 Å². The first-order valence-electron chi connectivity index (χ1n) is 3.24. The Kier molecular flexibility index (Phi) is 1.89. The summed E-state index contributed by atoms with van der Waals surface area (Å²) in [6.45, 7) is 3.17. The van der Waals surface area contributed by atoms with E-state index >= 15 is 0 Å². The van der Waals surface area contributed by atoms with Gasteiger partial charge >= 0.3 is 0 Å². The lowest BCUT2D eigenvalue weighted by Crippen LogP contribution is -2.09. The third kappa shape index (κ3) is 1.55. The van der Waals surface area contributed by atoms with E-state index in [2.05, 4.69) is 11.1 Å². The fourth-order valence-electron chi connectivity index (χ4n) is 0.860. The van der Waals surface area contributed by atoms with E-state index < -0.39 is 0 Å². The molecule has 0 aliphatic rings. The van der Waals surface area contributed by atoms with Crippen LogP contribution >= 0.6 is 0 Å². The molecular weight excluding hydrogens is 142 g/mol. The molecule has 0 aliphatic carbocycles. The van der Waals surface area contributed by atoms with Crippen LogP contribution < -0.4 is 5.56 Å². The molecule has 0 fully saturated rings. The van der Waals surface area contributed by atoms with Gasteiger partial charge in [-0.1, -0.05) is 0 Å². The highest BCUT2D eigenvalue weighted by atomic mass is 16.1. The number of nitrogens with one attached hydrogen (secondary N) is 1. The molecule has 3 nitrogen and oxygen atoms in total. The third-order valence-electron chi connectivity index (χ3n) is 1.40. The van der Waals surface area contributed by atoms with Gasteiger partial charge in [0.1, 0.15) is 0 Å². The normalized spacial score (nSPS) is 9.64. The summed E-state index contributed by atoms with van der Waals surface area (Å²) in [5.74, 6) is -0.131. The van der Waals surface area contributed by atoms with Crippen molar-refractivity contribution in [1.82, 2.24) is 4.98 Å². The monoisotopic (exact) mass is 150 g/mol. The SMILES string of the molecule is CC(=O)c1[c]c(=O)[nH]cc1C. The van der Waals surface area contributed by atoms with Gasteiger partial charge in [0, 0.05) is 11.8 Å². The molecule has 0 bridgehead atoms. The summed E-state index contributed by atoms with van der Waals surface area (Å²) >= 11 is 0. The van der Waals surface area contributed by atoms with Crippen LogP contribution in [0.1, 0.15) is 22.8 Å². The molecule has 1 aromatic rings. The fraction of sp³-hybridized carbons (Fsp3) is 0.250. The Labute approximate surface area is 64.1 Å². The highest BCUT2D eigenvalue weighted by Crippen LogP contribution is 2.01. The Morgan fingerprint density at radius 2 is 2.27 bits per heavy atom. The number of carbonyl (C=O) groups is 1. The number of H-pyrrole nitrogens is 1. The number of hydrogen-bond acceptors (Lipinski definition) is 2. The van der Waals surface area contributed by atoms with Gasteiger partial charge in [-0.3, -0.25) is 9.59 Å². The van der Waals surface area contributed by atoms with Crippen molar-refractivity contribution in [2.75, 3.05) is 0 Å². The summed E-state index contributed by atoms with van der Waals surface area (Å²) in [5.41, 5.74) is 0.756. The van der Waals surface area contributed by atoms with Crippen molar-refractivity contribution >= 4 is 5.78 Å². The molecule has 1 radical (unpaired) electrons. The Bertz CT molecular complexity index is 338. The van der Waals surface area contributed by atoms with E-state index in [-0.39, 0.29) is 11.3 Å². The summed E-state index contributed by atoms with van der Waals surface area (Å²) in [6.07, 6.45) is 1.51. The number of aryl methyl sites for hydroxylation is 1. The zero-order valence-corrected chi connectivity index (χ0v) is 6.39. The molecule has 1 rings (SSSR count). The Balaban J connectivity index is 3.35. The van der Waals surface area contributed by atoms with Crippen LogP contribution in [0, 0.1) is 13.0 Å². The van der Waals surface area contributed by atoms with Crippen LogP contribution in [0.4, 0.5) is 0 Å². The quantitative estimate of drug-likeness (QED) is 0.598. The third-order valence-corrected chi connectivity index (χ3v) is 1.40. The van der Waals surface area contributed by atoms with Crippen molar-refractivity contribution in [1.29, 1.82) is 0 Å². The van der Waals surface area contributed by atoms with E-state index in [0.717, 1.165) is 5.56 Å². The molecular formula is C8H8NO2. The van der Waals surface area contributed by atoms with Crippen LogP contribution in [-0.2, 0) is 0 Å². The van der Waals surface area contributed by atoms with Gasteiger partial charge in [-0.2, -0.15) is 0 Å². The first-order chi connectivity index (χ1) is 5.11. The number of pyridine rings is 1. The molecule has 0 saturated heterocycles. The predicted octanol–water partition coefficient (Wildman–Crippen LogP) is 0.686. The summed E-state index contributed by atoms with van der Waals surface area (Å²) in [4.78, 5) is 23.9. The summed E-state index contributed by atoms with van der Waals surface area (Å²) in [7, 11) is 0. The first kappa shape index (κ1) is 7.72. The molecule has 0 aliphatic heterocycles. The maximum atomic E-state index is 10.8. The van der Waals surface area contributed by atoms with Gasteiger partial charge in [-0.15, -0.1) is 0 Å². The van der Waals surface area contributed by atoms with Gasteiger partial charge in [0.15, 0.2) is 5.78 Å². The summed E-state index contributed by atoms with van der Waals surface area (Å²) < 4.78 is 0. The number of Topliss-reactive ketones (excluding diaryl/α,β-unsaturated/α-hetero) is 1. The molecule has 0 saturated carbocycles. The molecule has 1 aromatic heterocycles. The van der Waals surface area contributed by atoms with E-state index in [1.807, 2.05) is 0 Å². The van der Waals surface area contributed by atoms with Gasteiger partial charge in [0.2, 0.25) is 0 Å². The summed E-state index contributed by atoms with van der Waals surface area (Å²) in [5, 5.41) is 0.